The number of likely N-dealkylation sites (tertiary alicyclic amines) is 1. The number of benzene rings is 3. The Kier molecular flexibility index (Phi) is 6.54. The predicted molar refractivity (Wildman–Crippen MR) is 128 cm³/mol. The van der Waals surface area contributed by atoms with Crippen LogP contribution in [0.3, 0.4) is 0 Å². The van der Waals surface area contributed by atoms with E-state index in [-0.39, 0.29) is 18.0 Å². The van der Waals surface area contributed by atoms with Crippen LogP contribution in [0, 0.1) is 0 Å². The molecule has 0 aliphatic carbocycles. The molecular weight excluding hydrogens is 384 g/mol. The van der Waals surface area contributed by atoms with Crippen molar-refractivity contribution in [2.75, 3.05) is 32.6 Å². The van der Waals surface area contributed by atoms with Gasteiger partial charge in [0.05, 0.1) is 6.04 Å². The van der Waals surface area contributed by atoms with Gasteiger partial charge in [-0.25, -0.2) is 0 Å². The Morgan fingerprint density at radius 3 is 2.42 bits per heavy atom. The van der Waals surface area contributed by atoms with Gasteiger partial charge in [-0.3, -0.25) is 9.69 Å². The Labute approximate surface area is 185 Å². The zero-order valence-corrected chi connectivity index (χ0v) is 18.6. The summed E-state index contributed by atoms with van der Waals surface area (Å²) >= 11 is 0. The smallest absolute Gasteiger partial charge is 0.237 e. The zero-order valence-electron chi connectivity index (χ0n) is 18.6. The van der Waals surface area contributed by atoms with E-state index in [2.05, 4.69) is 101 Å². The van der Waals surface area contributed by atoms with Crippen LogP contribution in [-0.4, -0.2) is 50.6 Å². The highest BCUT2D eigenvalue weighted by molar-refractivity contribution is 5.83. The summed E-state index contributed by atoms with van der Waals surface area (Å²) in [6.45, 7) is 2.45. The average molecular weight is 417 g/mol. The van der Waals surface area contributed by atoms with Crippen LogP contribution in [0.4, 0.5) is 5.69 Å². The van der Waals surface area contributed by atoms with Gasteiger partial charge in [0.15, 0.2) is 0 Å². The predicted octanol–water partition coefficient (Wildman–Crippen LogP) is 3.38. The third kappa shape index (κ3) is 5.06. The monoisotopic (exact) mass is 416 g/mol. The minimum absolute atomic E-state index is 0.0976. The largest absolute Gasteiger partial charge is 0.378 e. The molecule has 3 aromatic rings. The number of hydrogen-bond acceptors (Lipinski definition) is 4. The van der Waals surface area contributed by atoms with Crippen molar-refractivity contribution in [2.24, 2.45) is 0 Å². The minimum Gasteiger partial charge on any atom is -0.378 e. The van der Waals surface area contributed by atoms with E-state index < -0.39 is 0 Å². The van der Waals surface area contributed by atoms with Gasteiger partial charge in [-0.2, -0.15) is 0 Å². The number of fused-ring (bicyclic) bond motifs is 1. The highest BCUT2D eigenvalue weighted by atomic mass is 16.2. The molecule has 31 heavy (non-hydrogen) atoms. The summed E-state index contributed by atoms with van der Waals surface area (Å²) in [7, 11) is 5.83. The normalized spacial score (nSPS) is 18.9. The lowest BCUT2D eigenvalue weighted by Crippen LogP contribution is -2.41. The van der Waals surface area contributed by atoms with Crippen LogP contribution in [0.2, 0.25) is 0 Å². The highest BCUT2D eigenvalue weighted by Gasteiger charge is 2.36. The number of carbonyl (C=O) groups is 1. The molecule has 0 saturated carbocycles. The molecule has 0 unspecified atom stereocenters. The fourth-order valence-corrected chi connectivity index (χ4v) is 4.41. The van der Waals surface area contributed by atoms with E-state index in [0.29, 0.717) is 0 Å². The molecule has 0 spiro atoms. The molecular formula is C26H32N4O. The van der Waals surface area contributed by atoms with Gasteiger partial charge in [0.1, 0.15) is 0 Å². The Morgan fingerprint density at radius 2 is 1.71 bits per heavy atom. The van der Waals surface area contributed by atoms with Crippen LogP contribution in [0.15, 0.2) is 66.7 Å². The van der Waals surface area contributed by atoms with E-state index in [1.54, 1.807) is 7.05 Å². The van der Waals surface area contributed by atoms with Crippen LogP contribution in [0.1, 0.15) is 17.5 Å². The molecule has 3 aromatic carbocycles. The van der Waals surface area contributed by atoms with Crippen LogP contribution >= 0.6 is 0 Å². The highest BCUT2D eigenvalue weighted by Crippen LogP contribution is 2.23. The summed E-state index contributed by atoms with van der Waals surface area (Å²) in [6.07, 6.45) is 0.822. The lowest BCUT2D eigenvalue weighted by molar-refractivity contribution is -0.125. The van der Waals surface area contributed by atoms with E-state index in [0.717, 1.165) is 26.1 Å². The number of nitrogens with one attached hydrogen (secondary N) is 2. The average Bonchev–Trinajstić information content (AvgIpc) is 3.20. The van der Waals surface area contributed by atoms with Crippen molar-refractivity contribution in [3.63, 3.8) is 0 Å². The summed E-state index contributed by atoms with van der Waals surface area (Å²) in [4.78, 5) is 17.0. The Balaban J connectivity index is 1.42. The van der Waals surface area contributed by atoms with Gasteiger partial charge < -0.3 is 15.5 Å². The molecule has 2 atom stereocenters. The Morgan fingerprint density at radius 1 is 1.00 bits per heavy atom. The molecule has 2 N–H and O–H groups in total. The summed E-state index contributed by atoms with van der Waals surface area (Å²) in [5, 5.41) is 9.00. The summed E-state index contributed by atoms with van der Waals surface area (Å²) in [6, 6.07) is 23.8. The second kappa shape index (κ2) is 9.50. The molecule has 0 bridgehead atoms. The van der Waals surface area contributed by atoms with E-state index in [4.69, 9.17) is 0 Å². The van der Waals surface area contributed by atoms with Gasteiger partial charge in [-0.05, 0) is 46.5 Å². The molecule has 1 fully saturated rings. The fraction of sp³-hybridized carbons (Fsp3) is 0.346. The van der Waals surface area contributed by atoms with Crippen molar-refractivity contribution in [2.45, 2.75) is 31.6 Å². The summed E-state index contributed by atoms with van der Waals surface area (Å²) < 4.78 is 0. The molecule has 1 saturated heterocycles. The zero-order chi connectivity index (χ0) is 21.8. The number of likely N-dealkylation sites (N-methyl/N-ethyl adjacent to an activating group) is 1. The third-order valence-corrected chi connectivity index (χ3v) is 6.20. The number of rotatable bonds is 7. The van der Waals surface area contributed by atoms with E-state index in [1.807, 2.05) is 0 Å². The third-order valence-electron chi connectivity index (χ3n) is 6.20. The first-order valence-corrected chi connectivity index (χ1v) is 11.0. The van der Waals surface area contributed by atoms with E-state index >= 15 is 0 Å². The Hall–Kier alpha value is -2.89. The first-order chi connectivity index (χ1) is 15.0. The van der Waals surface area contributed by atoms with Crippen LogP contribution in [0.5, 0.6) is 0 Å². The fourth-order valence-electron chi connectivity index (χ4n) is 4.41. The molecule has 4 rings (SSSR count). The number of nitrogens with zero attached hydrogens (tertiary/aromatic N) is 2. The standard InChI is InChI=1S/C26H32N4O/c1-27-26(31)25-15-23(28-16-19-9-12-24(13-10-19)29(2)3)18-30(25)17-20-8-11-21-6-4-5-7-22(21)14-20/h4-14,23,25,28H,15-18H2,1-3H3,(H,27,31)/t23-,25+/m1/s1. The SMILES string of the molecule is CNC(=O)[C@@H]1C[C@@H](NCc2ccc(N(C)C)cc2)CN1Cc1ccc2ccccc2c1. The minimum atomic E-state index is -0.106. The van der Waals surface area contributed by atoms with Crippen LogP contribution < -0.4 is 15.5 Å². The van der Waals surface area contributed by atoms with Crippen molar-refractivity contribution in [3.8, 4) is 0 Å². The van der Waals surface area contributed by atoms with Crippen LogP contribution in [0.25, 0.3) is 10.8 Å². The van der Waals surface area contributed by atoms with Gasteiger partial charge in [-0.1, -0.05) is 48.5 Å². The molecule has 1 heterocycles. The van der Waals surface area contributed by atoms with Crippen molar-refractivity contribution >= 4 is 22.4 Å². The van der Waals surface area contributed by atoms with E-state index in [1.165, 1.54) is 27.6 Å². The van der Waals surface area contributed by atoms with Gasteiger partial charge in [-0.15, -0.1) is 0 Å². The molecule has 1 aliphatic heterocycles. The summed E-state index contributed by atoms with van der Waals surface area (Å²) in [5.74, 6) is 0.0976. The maximum Gasteiger partial charge on any atom is 0.237 e. The van der Waals surface area contributed by atoms with E-state index in [9.17, 15) is 4.79 Å². The maximum absolute atomic E-state index is 12.6. The second-order valence-corrected chi connectivity index (χ2v) is 8.62. The quantitative estimate of drug-likeness (QED) is 0.620. The molecule has 1 aliphatic rings. The number of hydrogen-bond donors (Lipinski definition) is 2. The first-order valence-electron chi connectivity index (χ1n) is 11.0. The van der Waals surface area contributed by atoms with Crippen molar-refractivity contribution in [1.82, 2.24) is 15.5 Å². The van der Waals surface area contributed by atoms with Gasteiger partial charge in [0.2, 0.25) is 5.91 Å². The topological polar surface area (TPSA) is 47.6 Å². The Bertz CT molecular complexity index is 1030. The van der Waals surface area contributed by atoms with Gasteiger partial charge in [0.25, 0.3) is 0 Å². The van der Waals surface area contributed by atoms with Crippen molar-refractivity contribution in [3.05, 3.63) is 77.9 Å². The lowest BCUT2D eigenvalue weighted by Gasteiger charge is -2.23. The second-order valence-electron chi connectivity index (χ2n) is 8.62. The van der Waals surface area contributed by atoms with Gasteiger partial charge in [0, 0.05) is 52.5 Å². The lowest BCUT2D eigenvalue weighted by atomic mass is 10.1. The molecule has 0 radical (unpaired) electrons. The molecule has 5 heteroatoms. The number of amides is 1. The van der Waals surface area contributed by atoms with Crippen molar-refractivity contribution < 1.29 is 4.79 Å². The summed E-state index contributed by atoms with van der Waals surface area (Å²) in [5.41, 5.74) is 3.70. The first kappa shape index (κ1) is 21.3. The molecule has 5 nitrogen and oxygen atoms in total. The number of carbonyl (C=O) groups excluding carboxylic acids is 1. The molecule has 162 valence electrons. The molecule has 1 amide bonds. The van der Waals surface area contributed by atoms with Gasteiger partial charge >= 0.3 is 0 Å². The van der Waals surface area contributed by atoms with Crippen LogP contribution in [-0.2, 0) is 17.9 Å². The van der Waals surface area contributed by atoms with Crippen molar-refractivity contribution in [1.29, 1.82) is 0 Å². The maximum atomic E-state index is 12.6. The number of anilines is 1. The molecule has 0 aromatic heterocycles.